The Morgan fingerprint density at radius 2 is 1.86 bits per heavy atom. The summed E-state index contributed by atoms with van der Waals surface area (Å²) in [5.74, 6) is 0.787. The molecule has 0 saturated heterocycles. The fraction of sp³-hybridized carbons (Fsp3) is 0.276. The number of Topliss-reactive ketones (excluding diaryl/α,β-unsaturated/α-hetero) is 1. The molecule has 7 heteroatoms. The summed E-state index contributed by atoms with van der Waals surface area (Å²) in [6.07, 6.45) is 1.11. The number of carbonyl (C=O) groups excluding carboxylic acids is 2. The zero-order valence-corrected chi connectivity index (χ0v) is 21.7. The highest BCUT2D eigenvalue weighted by Crippen LogP contribution is 2.47. The average molecular weight is 500 g/mol. The molecule has 0 bridgehead atoms. The highest BCUT2D eigenvalue weighted by Gasteiger charge is 2.41. The molecule has 0 saturated carbocycles. The van der Waals surface area contributed by atoms with E-state index in [2.05, 4.69) is 15.6 Å². The zero-order chi connectivity index (χ0) is 25.4. The molecular weight excluding hydrogens is 470 g/mol. The molecular formula is C29H29N3O3S. The SMILES string of the molecule is COc1ccc(C2CC(=O)C3=C(C2)NC(C)=C(C(=O)Nc2cccc(C)n2)C3c2sccc2C)cc1. The largest absolute Gasteiger partial charge is 0.497 e. The van der Waals surface area contributed by atoms with Crippen molar-refractivity contribution in [2.45, 2.75) is 45.4 Å². The summed E-state index contributed by atoms with van der Waals surface area (Å²) in [7, 11) is 1.65. The van der Waals surface area contributed by atoms with E-state index in [1.165, 1.54) is 0 Å². The highest BCUT2D eigenvalue weighted by atomic mass is 32.1. The Morgan fingerprint density at radius 1 is 1.08 bits per heavy atom. The molecule has 2 aromatic heterocycles. The predicted molar refractivity (Wildman–Crippen MR) is 142 cm³/mol. The first-order chi connectivity index (χ1) is 17.4. The van der Waals surface area contributed by atoms with E-state index in [1.807, 2.05) is 68.6 Å². The van der Waals surface area contributed by atoms with Gasteiger partial charge >= 0.3 is 0 Å². The van der Waals surface area contributed by atoms with E-state index in [1.54, 1.807) is 24.5 Å². The van der Waals surface area contributed by atoms with E-state index in [4.69, 9.17) is 4.74 Å². The Morgan fingerprint density at radius 3 is 2.53 bits per heavy atom. The number of ether oxygens (including phenoxy) is 1. The van der Waals surface area contributed by atoms with Gasteiger partial charge in [0.25, 0.3) is 5.91 Å². The van der Waals surface area contributed by atoms with Gasteiger partial charge in [0, 0.05) is 39.5 Å². The maximum absolute atomic E-state index is 13.7. The van der Waals surface area contributed by atoms with Crippen molar-refractivity contribution in [1.29, 1.82) is 0 Å². The molecule has 1 aliphatic carbocycles. The minimum Gasteiger partial charge on any atom is -0.497 e. The second kappa shape index (κ2) is 9.74. The Balaban J connectivity index is 1.53. The molecule has 2 unspecified atom stereocenters. The van der Waals surface area contributed by atoms with Gasteiger partial charge in [0.15, 0.2) is 5.78 Å². The van der Waals surface area contributed by atoms with Crippen molar-refractivity contribution in [3.05, 3.63) is 98.1 Å². The molecule has 6 nitrogen and oxygen atoms in total. The van der Waals surface area contributed by atoms with E-state index < -0.39 is 5.92 Å². The first-order valence-electron chi connectivity index (χ1n) is 12.0. The van der Waals surface area contributed by atoms with Crippen LogP contribution < -0.4 is 15.4 Å². The lowest BCUT2D eigenvalue weighted by Crippen LogP contribution is -2.37. The Hall–Kier alpha value is -3.71. The number of hydrogen-bond acceptors (Lipinski definition) is 6. The highest BCUT2D eigenvalue weighted by molar-refractivity contribution is 7.10. The van der Waals surface area contributed by atoms with E-state index in [0.29, 0.717) is 29.8 Å². The van der Waals surface area contributed by atoms with Gasteiger partial charge in [0.05, 0.1) is 13.0 Å². The van der Waals surface area contributed by atoms with Crippen LogP contribution in [-0.4, -0.2) is 23.8 Å². The number of methoxy groups -OCH3 is 1. The Kier molecular flexibility index (Phi) is 6.49. The van der Waals surface area contributed by atoms with E-state index in [-0.39, 0.29) is 17.6 Å². The molecule has 1 aromatic carbocycles. The number of nitrogens with one attached hydrogen (secondary N) is 2. The van der Waals surface area contributed by atoms with Crippen LogP contribution in [-0.2, 0) is 9.59 Å². The molecule has 2 atom stereocenters. The molecule has 0 fully saturated rings. The van der Waals surface area contributed by atoms with Gasteiger partial charge in [-0.05, 0) is 79.9 Å². The number of nitrogens with zero attached hydrogens (tertiary/aromatic N) is 1. The lowest BCUT2D eigenvalue weighted by Gasteiger charge is -2.36. The summed E-state index contributed by atoms with van der Waals surface area (Å²) < 4.78 is 5.29. The second-order valence-corrected chi connectivity index (χ2v) is 10.3. The maximum Gasteiger partial charge on any atom is 0.255 e. The van der Waals surface area contributed by atoms with Crippen molar-refractivity contribution in [1.82, 2.24) is 10.3 Å². The monoisotopic (exact) mass is 499 g/mol. The number of pyridine rings is 1. The van der Waals surface area contributed by atoms with Gasteiger partial charge in [-0.15, -0.1) is 11.3 Å². The molecule has 36 heavy (non-hydrogen) atoms. The van der Waals surface area contributed by atoms with Crippen molar-refractivity contribution < 1.29 is 14.3 Å². The summed E-state index contributed by atoms with van der Waals surface area (Å²) in [5.41, 5.74) is 5.96. The number of thiophene rings is 1. The van der Waals surface area contributed by atoms with E-state index >= 15 is 0 Å². The van der Waals surface area contributed by atoms with Gasteiger partial charge in [0.1, 0.15) is 11.6 Å². The van der Waals surface area contributed by atoms with Crippen molar-refractivity contribution in [2.75, 3.05) is 12.4 Å². The fourth-order valence-corrected chi connectivity index (χ4v) is 6.24. The third kappa shape index (κ3) is 4.46. The lowest BCUT2D eigenvalue weighted by atomic mass is 9.73. The first-order valence-corrected chi connectivity index (χ1v) is 12.9. The first kappa shape index (κ1) is 24.0. The second-order valence-electron chi connectivity index (χ2n) is 9.38. The average Bonchev–Trinajstić information content (AvgIpc) is 3.28. The van der Waals surface area contributed by atoms with Gasteiger partial charge in [-0.2, -0.15) is 0 Å². The number of hydrogen-bond donors (Lipinski definition) is 2. The molecule has 3 heterocycles. The lowest BCUT2D eigenvalue weighted by molar-refractivity contribution is -0.116. The minimum absolute atomic E-state index is 0.0689. The van der Waals surface area contributed by atoms with Crippen LogP contribution in [0.25, 0.3) is 0 Å². The zero-order valence-electron chi connectivity index (χ0n) is 20.8. The van der Waals surface area contributed by atoms with Gasteiger partial charge in [-0.3, -0.25) is 9.59 Å². The van der Waals surface area contributed by atoms with Gasteiger partial charge < -0.3 is 15.4 Å². The number of allylic oxidation sites excluding steroid dienone is 3. The van der Waals surface area contributed by atoms with Crippen LogP contribution in [0.3, 0.4) is 0 Å². The van der Waals surface area contributed by atoms with Gasteiger partial charge in [-0.1, -0.05) is 18.2 Å². The number of ketones is 1. The number of carbonyl (C=O) groups is 2. The third-order valence-corrected chi connectivity index (χ3v) is 8.04. The molecule has 1 amide bonds. The quantitative estimate of drug-likeness (QED) is 0.466. The fourth-order valence-electron chi connectivity index (χ4n) is 5.19. The Bertz CT molecular complexity index is 1400. The summed E-state index contributed by atoms with van der Waals surface area (Å²) in [6.45, 7) is 5.84. The van der Waals surface area contributed by atoms with Gasteiger partial charge in [-0.25, -0.2) is 4.98 Å². The van der Waals surface area contributed by atoms with Crippen LogP contribution in [0.2, 0.25) is 0 Å². The molecule has 1 aliphatic heterocycles. The predicted octanol–water partition coefficient (Wildman–Crippen LogP) is 5.77. The van der Waals surface area contributed by atoms with E-state index in [0.717, 1.165) is 38.8 Å². The maximum atomic E-state index is 13.7. The molecule has 2 N–H and O–H groups in total. The number of amides is 1. The Labute approximate surface area is 215 Å². The standard InChI is InChI=1S/C29H29N3O3S/c1-16-12-13-36-28(16)27-25(29(34)32-24-7-5-6-17(2)30-24)18(3)31-22-14-20(15-23(33)26(22)27)19-8-10-21(35-4)11-9-19/h5-13,20,27,31H,14-15H2,1-4H3,(H,30,32,34). The number of aromatic nitrogens is 1. The van der Waals surface area contributed by atoms with Crippen LogP contribution >= 0.6 is 11.3 Å². The van der Waals surface area contributed by atoms with Crippen LogP contribution in [0.15, 0.2) is 76.5 Å². The van der Waals surface area contributed by atoms with Gasteiger partial charge in [0.2, 0.25) is 0 Å². The summed E-state index contributed by atoms with van der Waals surface area (Å²) in [6, 6.07) is 15.5. The number of benzene rings is 1. The summed E-state index contributed by atoms with van der Waals surface area (Å²) in [5, 5.41) is 8.43. The summed E-state index contributed by atoms with van der Waals surface area (Å²) >= 11 is 1.59. The van der Waals surface area contributed by atoms with Crippen molar-refractivity contribution in [2.24, 2.45) is 0 Å². The number of dihydropyridines is 1. The molecule has 5 rings (SSSR count). The third-order valence-electron chi connectivity index (χ3n) is 6.95. The number of anilines is 1. The van der Waals surface area contributed by atoms with Crippen LogP contribution in [0, 0.1) is 13.8 Å². The molecule has 2 aliphatic rings. The number of rotatable bonds is 5. The molecule has 0 spiro atoms. The van der Waals surface area contributed by atoms with E-state index in [9.17, 15) is 9.59 Å². The minimum atomic E-state index is -0.407. The van der Waals surface area contributed by atoms with Crippen molar-refractivity contribution in [3.63, 3.8) is 0 Å². The molecule has 0 radical (unpaired) electrons. The number of aryl methyl sites for hydroxylation is 2. The van der Waals surface area contributed by atoms with Crippen LogP contribution in [0.4, 0.5) is 5.82 Å². The van der Waals surface area contributed by atoms with Crippen molar-refractivity contribution >= 4 is 28.8 Å². The topological polar surface area (TPSA) is 80.3 Å². The molecule has 184 valence electrons. The summed E-state index contributed by atoms with van der Waals surface area (Å²) in [4.78, 5) is 32.8. The molecule has 3 aromatic rings. The van der Waals surface area contributed by atoms with Crippen LogP contribution in [0.1, 0.15) is 53.3 Å². The smallest absolute Gasteiger partial charge is 0.255 e. The van der Waals surface area contributed by atoms with Crippen molar-refractivity contribution in [3.8, 4) is 5.75 Å². The normalized spacial score (nSPS) is 19.6. The van der Waals surface area contributed by atoms with Crippen LogP contribution in [0.5, 0.6) is 5.75 Å².